The van der Waals surface area contributed by atoms with Crippen molar-refractivity contribution < 1.29 is 37.3 Å². The van der Waals surface area contributed by atoms with E-state index in [4.69, 9.17) is 10.5 Å². The number of alkyl halides is 3. The quantitative estimate of drug-likeness (QED) is 0.407. The summed E-state index contributed by atoms with van der Waals surface area (Å²) in [4.78, 5) is 22.7. The zero-order valence-electron chi connectivity index (χ0n) is 15.1. The molecule has 12 heteroatoms. The number of nitrogens with zero attached hydrogens (tertiary/aromatic N) is 3. The first-order chi connectivity index (χ1) is 13.6. The average Bonchev–Trinajstić information content (AvgIpc) is 2.65. The van der Waals surface area contributed by atoms with Crippen molar-refractivity contribution in [1.82, 2.24) is 4.90 Å². The molecule has 0 heterocycles. The van der Waals surface area contributed by atoms with Gasteiger partial charge in [0.1, 0.15) is 24.8 Å². The lowest BCUT2D eigenvalue weighted by Crippen LogP contribution is -2.33. The number of halogens is 3. The van der Waals surface area contributed by atoms with Gasteiger partial charge in [-0.1, -0.05) is 17.2 Å². The molecule has 0 fully saturated rings. The van der Waals surface area contributed by atoms with Crippen LogP contribution in [0.3, 0.4) is 0 Å². The monoisotopic (exact) mass is 414 g/mol. The normalized spacial score (nSPS) is 11.9. The Kier molecular flexibility index (Phi) is 6.93. The number of esters is 1. The third kappa shape index (κ3) is 6.31. The molecule has 3 N–H and O–H groups in total. The smallest absolute Gasteiger partial charge is 0.490 e. The molecule has 0 radical (unpaired) electrons. The van der Waals surface area contributed by atoms with E-state index < -0.39 is 24.9 Å². The van der Waals surface area contributed by atoms with Crippen molar-refractivity contribution in [2.24, 2.45) is 16.0 Å². The Labute approximate surface area is 162 Å². The van der Waals surface area contributed by atoms with Crippen molar-refractivity contribution in [3.8, 4) is 11.5 Å². The minimum atomic E-state index is -5.04. The van der Waals surface area contributed by atoms with Gasteiger partial charge in [-0.25, -0.2) is 9.59 Å². The number of primary amides is 1. The van der Waals surface area contributed by atoms with Gasteiger partial charge in [0.25, 0.3) is 0 Å². The van der Waals surface area contributed by atoms with E-state index >= 15 is 0 Å². The first-order valence-corrected chi connectivity index (χ1v) is 8.10. The molecule has 0 saturated heterocycles. The molecule has 0 bridgehead atoms. The SMILES string of the molecule is CN(CCOc1ccc2ccc(N=NC(N)=O)c(O)c2c1)COC(=O)C(F)(F)F. The zero-order valence-corrected chi connectivity index (χ0v) is 15.1. The lowest BCUT2D eigenvalue weighted by atomic mass is 10.1. The second-order valence-corrected chi connectivity index (χ2v) is 5.84. The largest absolute Gasteiger partial charge is 0.505 e. The summed E-state index contributed by atoms with van der Waals surface area (Å²) in [6.07, 6.45) is -5.04. The number of azo groups is 1. The molecule has 0 atom stereocenters. The minimum absolute atomic E-state index is 0.0414. The van der Waals surface area contributed by atoms with Crippen LogP contribution in [0.2, 0.25) is 0 Å². The highest BCUT2D eigenvalue weighted by molar-refractivity contribution is 5.93. The molecule has 0 aliphatic heterocycles. The van der Waals surface area contributed by atoms with Gasteiger partial charge in [-0.05, 0) is 30.6 Å². The van der Waals surface area contributed by atoms with Gasteiger partial charge in [-0.15, -0.1) is 5.11 Å². The van der Waals surface area contributed by atoms with Crippen molar-refractivity contribution in [2.45, 2.75) is 6.18 Å². The number of amides is 2. The fourth-order valence-corrected chi connectivity index (χ4v) is 2.18. The lowest BCUT2D eigenvalue weighted by molar-refractivity contribution is -0.203. The Morgan fingerprint density at radius 1 is 1.24 bits per heavy atom. The van der Waals surface area contributed by atoms with Crippen LogP contribution in [0.15, 0.2) is 40.6 Å². The number of hydrogen-bond donors (Lipinski definition) is 2. The summed E-state index contributed by atoms with van der Waals surface area (Å²) in [5, 5.41) is 18.0. The molecule has 156 valence electrons. The van der Waals surface area contributed by atoms with Gasteiger partial charge in [-0.3, -0.25) is 4.90 Å². The predicted octanol–water partition coefficient (Wildman–Crippen LogP) is 3.08. The van der Waals surface area contributed by atoms with E-state index in [0.717, 1.165) is 0 Å². The Morgan fingerprint density at radius 2 is 1.93 bits per heavy atom. The summed E-state index contributed by atoms with van der Waals surface area (Å²) in [5.41, 5.74) is 4.92. The average molecular weight is 414 g/mol. The number of carbonyl (C=O) groups excluding carboxylic acids is 2. The van der Waals surface area contributed by atoms with E-state index in [9.17, 15) is 27.9 Å². The number of hydrogen-bond acceptors (Lipinski definition) is 7. The molecule has 2 amide bonds. The molecule has 9 nitrogen and oxygen atoms in total. The summed E-state index contributed by atoms with van der Waals surface area (Å²) < 4.78 is 45.9. The number of fused-ring (bicyclic) bond motifs is 1. The predicted molar refractivity (Wildman–Crippen MR) is 94.9 cm³/mol. The Bertz CT molecular complexity index is 933. The molecule has 0 spiro atoms. The number of rotatable bonds is 7. The van der Waals surface area contributed by atoms with Crippen LogP contribution in [-0.2, 0) is 9.53 Å². The number of benzene rings is 2. The highest BCUT2D eigenvalue weighted by atomic mass is 19.4. The maximum Gasteiger partial charge on any atom is 0.490 e. The van der Waals surface area contributed by atoms with Crippen LogP contribution in [0.25, 0.3) is 10.8 Å². The summed E-state index contributed by atoms with van der Waals surface area (Å²) in [7, 11) is 1.45. The van der Waals surface area contributed by atoms with Gasteiger partial charge in [-0.2, -0.15) is 13.2 Å². The van der Waals surface area contributed by atoms with Gasteiger partial charge in [0.05, 0.1) is 0 Å². The Balaban J connectivity index is 1.97. The van der Waals surface area contributed by atoms with E-state index in [-0.39, 0.29) is 24.6 Å². The molecular formula is C17H17F3N4O5. The maximum atomic E-state index is 12.1. The zero-order chi connectivity index (χ0) is 21.6. The van der Waals surface area contributed by atoms with Crippen molar-refractivity contribution in [3.63, 3.8) is 0 Å². The van der Waals surface area contributed by atoms with Gasteiger partial charge in [0, 0.05) is 11.9 Å². The van der Waals surface area contributed by atoms with Crippen LogP contribution in [0.5, 0.6) is 11.5 Å². The number of likely N-dealkylation sites (N-methyl/N-ethyl adjacent to an activating group) is 1. The summed E-state index contributed by atoms with van der Waals surface area (Å²) in [6, 6.07) is 6.94. The highest BCUT2D eigenvalue weighted by Crippen LogP contribution is 2.36. The topological polar surface area (TPSA) is 127 Å². The van der Waals surface area contributed by atoms with Gasteiger partial charge < -0.3 is 20.3 Å². The summed E-state index contributed by atoms with van der Waals surface area (Å²) >= 11 is 0. The van der Waals surface area contributed by atoms with E-state index in [1.165, 1.54) is 24.1 Å². The molecule has 2 aromatic carbocycles. The first kappa shape index (κ1) is 21.9. The van der Waals surface area contributed by atoms with E-state index in [1.54, 1.807) is 18.2 Å². The molecule has 0 aliphatic rings. The molecule has 2 rings (SSSR count). The van der Waals surface area contributed by atoms with E-state index in [2.05, 4.69) is 15.0 Å². The third-order valence-corrected chi connectivity index (χ3v) is 3.59. The van der Waals surface area contributed by atoms with E-state index in [0.29, 0.717) is 16.5 Å². The fraction of sp³-hybridized carbons (Fsp3) is 0.294. The molecular weight excluding hydrogens is 397 g/mol. The molecule has 29 heavy (non-hydrogen) atoms. The standard InChI is InChI=1S/C17H17F3N4O5/c1-24(9-29-15(26)17(18,19)20)6-7-28-11-4-2-10-3-5-13(22-23-16(21)27)14(25)12(10)8-11/h2-5,8,25H,6-7,9H2,1H3,(H2,21,27). The number of nitrogens with two attached hydrogens (primary N) is 1. The molecule has 0 aromatic heterocycles. The number of phenols is 1. The number of urea groups is 1. The van der Waals surface area contributed by atoms with Crippen LogP contribution >= 0.6 is 0 Å². The minimum Gasteiger partial charge on any atom is -0.505 e. The number of carbonyl (C=O) groups is 2. The summed E-state index contributed by atoms with van der Waals surface area (Å²) in [5.74, 6) is -2.12. The van der Waals surface area contributed by atoms with Crippen LogP contribution in [0.4, 0.5) is 23.7 Å². The lowest BCUT2D eigenvalue weighted by Gasteiger charge is -2.17. The van der Waals surface area contributed by atoms with Crippen LogP contribution < -0.4 is 10.5 Å². The van der Waals surface area contributed by atoms with Gasteiger partial charge in [0.15, 0.2) is 5.75 Å². The maximum absolute atomic E-state index is 12.1. The van der Waals surface area contributed by atoms with Crippen molar-refractivity contribution >= 4 is 28.5 Å². The Hall–Kier alpha value is -3.41. The molecule has 0 aliphatic carbocycles. The molecule has 0 unspecified atom stereocenters. The van der Waals surface area contributed by atoms with Gasteiger partial charge >= 0.3 is 18.2 Å². The first-order valence-electron chi connectivity index (χ1n) is 8.10. The molecule has 0 saturated carbocycles. The van der Waals surface area contributed by atoms with Gasteiger partial charge in [0.2, 0.25) is 0 Å². The second kappa shape index (κ2) is 9.19. The summed E-state index contributed by atoms with van der Waals surface area (Å²) in [6.45, 7) is -0.302. The number of aromatic hydroxyl groups is 1. The number of phenolic OH excluding ortho intramolecular Hbond substituents is 1. The van der Waals surface area contributed by atoms with Crippen molar-refractivity contribution in [3.05, 3.63) is 30.3 Å². The van der Waals surface area contributed by atoms with Crippen LogP contribution in [0, 0.1) is 0 Å². The van der Waals surface area contributed by atoms with Crippen molar-refractivity contribution in [1.29, 1.82) is 0 Å². The highest BCUT2D eigenvalue weighted by Gasteiger charge is 2.41. The Morgan fingerprint density at radius 3 is 2.59 bits per heavy atom. The number of ether oxygens (including phenoxy) is 2. The van der Waals surface area contributed by atoms with Crippen molar-refractivity contribution in [2.75, 3.05) is 26.9 Å². The third-order valence-electron chi connectivity index (χ3n) is 3.59. The second-order valence-electron chi connectivity index (χ2n) is 5.84. The fourth-order valence-electron chi connectivity index (χ4n) is 2.18. The molecule has 2 aromatic rings. The van der Waals surface area contributed by atoms with E-state index in [1.807, 2.05) is 0 Å². The van der Waals surface area contributed by atoms with Crippen LogP contribution in [0.1, 0.15) is 0 Å². The van der Waals surface area contributed by atoms with Crippen LogP contribution in [-0.4, -0.2) is 55.1 Å².